The Balaban J connectivity index is 2.62. The van der Waals surface area contributed by atoms with Crippen molar-refractivity contribution in [1.82, 2.24) is 4.90 Å². The van der Waals surface area contributed by atoms with E-state index < -0.39 is 0 Å². The lowest BCUT2D eigenvalue weighted by atomic mass is 10.3. The number of nitrogens with zero attached hydrogens (tertiary/aromatic N) is 1. The molecule has 1 aromatic carbocycles. The first-order valence-electron chi connectivity index (χ1n) is 4.47. The smallest absolute Gasteiger partial charge is 0.321 e. The van der Waals surface area contributed by atoms with E-state index >= 15 is 0 Å². The third-order valence-electron chi connectivity index (χ3n) is 1.88. The minimum Gasteiger partial charge on any atom is -0.326 e. The molecule has 0 spiro atoms. The van der Waals surface area contributed by atoms with Gasteiger partial charge in [-0.15, -0.1) is 11.6 Å². The summed E-state index contributed by atoms with van der Waals surface area (Å²) in [5.74, 6) is 0.409. The molecule has 0 aliphatic heterocycles. The average Bonchev–Trinajstić information content (AvgIpc) is 2.21. The number of alkyl halides is 1. The Labute approximate surface area is 99.0 Å². The third kappa shape index (κ3) is 3.61. The van der Waals surface area contributed by atoms with Crippen LogP contribution in [0.15, 0.2) is 24.3 Å². The molecule has 0 saturated carbocycles. The van der Waals surface area contributed by atoms with Gasteiger partial charge in [-0.25, -0.2) is 4.79 Å². The Morgan fingerprint density at radius 3 is 2.73 bits per heavy atom. The summed E-state index contributed by atoms with van der Waals surface area (Å²) >= 11 is 11.4. The van der Waals surface area contributed by atoms with Crippen molar-refractivity contribution in [2.24, 2.45) is 0 Å². The Bertz CT molecular complexity index is 344. The lowest BCUT2D eigenvalue weighted by Gasteiger charge is -2.16. The van der Waals surface area contributed by atoms with Crippen molar-refractivity contribution in [3.63, 3.8) is 0 Å². The summed E-state index contributed by atoms with van der Waals surface area (Å²) < 4.78 is 0. The summed E-state index contributed by atoms with van der Waals surface area (Å²) in [5.41, 5.74) is 0.602. The number of para-hydroxylation sites is 1. The van der Waals surface area contributed by atoms with E-state index in [0.29, 0.717) is 23.1 Å². The van der Waals surface area contributed by atoms with Crippen LogP contribution >= 0.6 is 23.2 Å². The van der Waals surface area contributed by atoms with Crippen LogP contribution < -0.4 is 5.32 Å². The first kappa shape index (κ1) is 12.1. The van der Waals surface area contributed by atoms with Crippen LogP contribution in [0.5, 0.6) is 0 Å². The highest BCUT2D eigenvalue weighted by Crippen LogP contribution is 2.20. The summed E-state index contributed by atoms with van der Waals surface area (Å²) in [6.45, 7) is 0.498. The van der Waals surface area contributed by atoms with Crippen LogP contribution in [0.3, 0.4) is 0 Å². The van der Waals surface area contributed by atoms with E-state index in [2.05, 4.69) is 5.32 Å². The minimum atomic E-state index is -0.219. The average molecular weight is 247 g/mol. The third-order valence-corrected chi connectivity index (χ3v) is 2.38. The number of hydrogen-bond donors (Lipinski definition) is 1. The maximum atomic E-state index is 11.6. The fourth-order valence-electron chi connectivity index (χ4n) is 1.00. The molecule has 3 nitrogen and oxygen atoms in total. The molecule has 1 aromatic rings. The molecular formula is C10H12Cl2N2O. The van der Waals surface area contributed by atoms with Crippen LogP contribution in [0.2, 0.25) is 5.02 Å². The maximum Gasteiger partial charge on any atom is 0.321 e. The van der Waals surface area contributed by atoms with Crippen LogP contribution in [0.25, 0.3) is 0 Å². The van der Waals surface area contributed by atoms with Gasteiger partial charge in [0.1, 0.15) is 0 Å². The molecule has 1 rings (SSSR count). The van der Waals surface area contributed by atoms with E-state index in [0.717, 1.165) is 0 Å². The molecule has 0 aromatic heterocycles. The zero-order valence-electron chi connectivity index (χ0n) is 8.34. The Morgan fingerprint density at radius 1 is 1.47 bits per heavy atom. The molecule has 0 saturated heterocycles. The second kappa shape index (κ2) is 5.83. The molecule has 0 unspecified atom stereocenters. The van der Waals surface area contributed by atoms with Crippen LogP contribution in [-0.2, 0) is 0 Å². The molecule has 5 heteroatoms. The topological polar surface area (TPSA) is 32.3 Å². The second-order valence-corrected chi connectivity index (χ2v) is 3.81. The van der Waals surface area contributed by atoms with Gasteiger partial charge >= 0.3 is 6.03 Å². The van der Waals surface area contributed by atoms with Gasteiger partial charge in [0, 0.05) is 19.5 Å². The van der Waals surface area contributed by atoms with Gasteiger partial charge in [-0.1, -0.05) is 23.7 Å². The predicted molar refractivity (Wildman–Crippen MR) is 63.8 cm³/mol. The van der Waals surface area contributed by atoms with E-state index in [1.807, 2.05) is 6.07 Å². The number of hydrogen-bond acceptors (Lipinski definition) is 1. The summed E-state index contributed by atoms with van der Waals surface area (Å²) in [7, 11) is 1.68. The van der Waals surface area contributed by atoms with E-state index in [1.165, 1.54) is 4.90 Å². The molecule has 82 valence electrons. The van der Waals surface area contributed by atoms with Crippen molar-refractivity contribution in [3.05, 3.63) is 29.3 Å². The van der Waals surface area contributed by atoms with Crippen molar-refractivity contribution in [3.8, 4) is 0 Å². The zero-order valence-corrected chi connectivity index (χ0v) is 9.85. The molecule has 0 heterocycles. The molecular weight excluding hydrogens is 235 g/mol. The summed E-state index contributed by atoms with van der Waals surface area (Å²) in [6, 6.07) is 6.86. The first-order chi connectivity index (χ1) is 7.15. The number of benzene rings is 1. The molecule has 0 fully saturated rings. The predicted octanol–water partition coefficient (Wildman–Crippen LogP) is 3.04. The van der Waals surface area contributed by atoms with Crippen LogP contribution in [0.4, 0.5) is 10.5 Å². The van der Waals surface area contributed by atoms with Crippen LogP contribution in [0.1, 0.15) is 0 Å². The van der Waals surface area contributed by atoms with Crippen LogP contribution in [0, 0.1) is 0 Å². The van der Waals surface area contributed by atoms with Gasteiger partial charge in [-0.05, 0) is 12.1 Å². The van der Waals surface area contributed by atoms with Crippen molar-refractivity contribution < 1.29 is 4.79 Å². The lowest BCUT2D eigenvalue weighted by molar-refractivity contribution is 0.225. The molecule has 15 heavy (non-hydrogen) atoms. The zero-order chi connectivity index (χ0) is 11.3. The molecule has 1 N–H and O–H groups in total. The van der Waals surface area contributed by atoms with Gasteiger partial charge in [0.15, 0.2) is 0 Å². The molecule has 0 aliphatic rings. The van der Waals surface area contributed by atoms with Gasteiger partial charge in [-0.3, -0.25) is 0 Å². The number of carbonyl (C=O) groups is 1. The van der Waals surface area contributed by atoms with Gasteiger partial charge < -0.3 is 10.2 Å². The second-order valence-electron chi connectivity index (χ2n) is 3.02. The first-order valence-corrected chi connectivity index (χ1v) is 5.39. The highest BCUT2D eigenvalue weighted by Gasteiger charge is 2.09. The SMILES string of the molecule is CN(CCCl)C(=O)Nc1ccccc1Cl. The number of rotatable bonds is 3. The van der Waals surface area contributed by atoms with Gasteiger partial charge in [0.2, 0.25) is 0 Å². The van der Waals surface area contributed by atoms with Gasteiger partial charge in [0.05, 0.1) is 10.7 Å². The summed E-state index contributed by atoms with van der Waals surface area (Å²) in [4.78, 5) is 13.0. The molecule has 0 radical (unpaired) electrons. The lowest BCUT2D eigenvalue weighted by Crippen LogP contribution is -2.32. The van der Waals surface area contributed by atoms with Gasteiger partial charge in [0.25, 0.3) is 0 Å². The summed E-state index contributed by atoms with van der Waals surface area (Å²) in [5, 5.41) is 3.21. The maximum absolute atomic E-state index is 11.6. The highest BCUT2D eigenvalue weighted by molar-refractivity contribution is 6.33. The van der Waals surface area contributed by atoms with E-state index in [1.54, 1.807) is 25.2 Å². The number of carbonyl (C=O) groups excluding carboxylic acids is 1. The Kier molecular flexibility index (Phi) is 4.72. The van der Waals surface area contributed by atoms with Crippen molar-refractivity contribution >= 4 is 34.9 Å². The molecule has 0 atom stereocenters. The molecule has 2 amide bonds. The Hall–Kier alpha value is -0.930. The van der Waals surface area contributed by atoms with E-state index in [-0.39, 0.29) is 6.03 Å². The highest BCUT2D eigenvalue weighted by atomic mass is 35.5. The normalized spacial score (nSPS) is 9.80. The fraction of sp³-hybridized carbons (Fsp3) is 0.300. The number of urea groups is 1. The number of anilines is 1. The number of amides is 2. The monoisotopic (exact) mass is 246 g/mol. The molecule has 0 aliphatic carbocycles. The van der Waals surface area contributed by atoms with E-state index in [4.69, 9.17) is 23.2 Å². The fourth-order valence-corrected chi connectivity index (χ4v) is 1.44. The van der Waals surface area contributed by atoms with Crippen molar-refractivity contribution in [1.29, 1.82) is 0 Å². The standard InChI is InChI=1S/C10H12Cl2N2O/c1-14(7-6-11)10(15)13-9-5-3-2-4-8(9)12/h2-5H,6-7H2,1H3,(H,13,15). The van der Waals surface area contributed by atoms with Crippen molar-refractivity contribution in [2.75, 3.05) is 24.8 Å². The van der Waals surface area contributed by atoms with Crippen molar-refractivity contribution in [2.45, 2.75) is 0 Å². The Morgan fingerprint density at radius 2 is 2.13 bits per heavy atom. The summed E-state index contributed by atoms with van der Waals surface area (Å²) in [6.07, 6.45) is 0. The van der Waals surface area contributed by atoms with Gasteiger partial charge in [-0.2, -0.15) is 0 Å². The quantitative estimate of drug-likeness (QED) is 0.818. The molecule has 0 bridgehead atoms. The number of nitrogens with one attached hydrogen (secondary N) is 1. The largest absolute Gasteiger partial charge is 0.326 e. The number of halogens is 2. The van der Waals surface area contributed by atoms with Crippen LogP contribution in [-0.4, -0.2) is 30.4 Å². The minimum absolute atomic E-state index is 0.219. The van der Waals surface area contributed by atoms with E-state index in [9.17, 15) is 4.79 Å².